The van der Waals surface area contributed by atoms with Crippen LogP contribution in [0.3, 0.4) is 0 Å². The first-order valence-corrected chi connectivity index (χ1v) is 5.71. The van der Waals surface area contributed by atoms with Gasteiger partial charge in [0.15, 0.2) is 0 Å². The Balaban J connectivity index is 2.72. The number of benzene rings is 1. The highest BCUT2D eigenvalue weighted by atomic mass is 16.6. The predicted octanol–water partition coefficient (Wildman–Crippen LogP) is 2.36. The van der Waals surface area contributed by atoms with E-state index < -0.39 is 4.92 Å². The van der Waals surface area contributed by atoms with Gasteiger partial charge in [-0.15, -0.1) is 0 Å². The first kappa shape index (κ1) is 14.0. The van der Waals surface area contributed by atoms with E-state index >= 15 is 0 Å². The van der Waals surface area contributed by atoms with E-state index in [1.165, 1.54) is 12.1 Å². The van der Waals surface area contributed by atoms with Crippen LogP contribution in [0.4, 0.5) is 10.5 Å². The molecule has 1 aromatic carbocycles. The molecule has 18 heavy (non-hydrogen) atoms. The second-order valence-corrected chi connectivity index (χ2v) is 4.35. The van der Waals surface area contributed by atoms with Gasteiger partial charge < -0.3 is 10.6 Å². The van der Waals surface area contributed by atoms with Crippen molar-refractivity contribution < 1.29 is 9.72 Å². The molecule has 0 spiro atoms. The molecule has 98 valence electrons. The Morgan fingerprint density at radius 1 is 1.28 bits per heavy atom. The summed E-state index contributed by atoms with van der Waals surface area (Å²) < 4.78 is 0. The topological polar surface area (TPSA) is 84.3 Å². The van der Waals surface area contributed by atoms with E-state index in [1.54, 1.807) is 19.1 Å². The molecule has 6 heteroatoms. The largest absolute Gasteiger partial charge is 0.336 e. The number of urea groups is 1. The van der Waals surface area contributed by atoms with Gasteiger partial charge in [-0.05, 0) is 26.3 Å². The number of hydrogen-bond acceptors (Lipinski definition) is 3. The van der Waals surface area contributed by atoms with Gasteiger partial charge in [-0.1, -0.05) is 12.1 Å². The molecule has 0 heterocycles. The molecule has 1 rings (SSSR count). The van der Waals surface area contributed by atoms with Crippen molar-refractivity contribution in [2.24, 2.45) is 0 Å². The van der Waals surface area contributed by atoms with Crippen molar-refractivity contribution in [2.75, 3.05) is 0 Å². The van der Waals surface area contributed by atoms with Gasteiger partial charge in [0.1, 0.15) is 0 Å². The molecule has 1 aromatic rings. The summed E-state index contributed by atoms with van der Waals surface area (Å²) in [7, 11) is 0. The van der Waals surface area contributed by atoms with Crippen LogP contribution in [0.15, 0.2) is 24.3 Å². The van der Waals surface area contributed by atoms with Gasteiger partial charge in [-0.2, -0.15) is 0 Å². The number of nitro benzene ring substituents is 1. The summed E-state index contributed by atoms with van der Waals surface area (Å²) >= 11 is 0. The second kappa shape index (κ2) is 6.00. The van der Waals surface area contributed by atoms with Crippen molar-refractivity contribution in [3.8, 4) is 0 Å². The number of rotatable bonds is 4. The monoisotopic (exact) mass is 251 g/mol. The zero-order valence-corrected chi connectivity index (χ0v) is 10.6. The number of hydrogen-bond donors (Lipinski definition) is 2. The molecule has 0 bridgehead atoms. The molecule has 1 unspecified atom stereocenters. The zero-order chi connectivity index (χ0) is 13.7. The number of non-ortho nitro benzene ring substituents is 1. The van der Waals surface area contributed by atoms with Crippen LogP contribution in [0, 0.1) is 10.1 Å². The average Bonchev–Trinajstić information content (AvgIpc) is 2.27. The van der Waals surface area contributed by atoms with Crippen molar-refractivity contribution in [2.45, 2.75) is 32.9 Å². The standard InChI is InChI=1S/C12H17N3O3/c1-8(2)13-12(16)14-9(3)10-5-4-6-11(7-10)15(17)18/h4-9H,1-3H3,(H2,13,14,16). The van der Waals surface area contributed by atoms with Crippen LogP contribution in [0.2, 0.25) is 0 Å². The lowest BCUT2D eigenvalue weighted by molar-refractivity contribution is -0.384. The smallest absolute Gasteiger partial charge is 0.315 e. The molecule has 0 aromatic heterocycles. The average molecular weight is 251 g/mol. The number of nitrogens with one attached hydrogen (secondary N) is 2. The van der Waals surface area contributed by atoms with Crippen LogP contribution < -0.4 is 10.6 Å². The summed E-state index contributed by atoms with van der Waals surface area (Å²) in [5.74, 6) is 0. The third-order valence-corrected chi connectivity index (χ3v) is 2.35. The predicted molar refractivity (Wildman–Crippen MR) is 68.3 cm³/mol. The minimum absolute atomic E-state index is 0.0189. The SMILES string of the molecule is CC(C)NC(=O)NC(C)c1cccc([N+](=O)[O-])c1. The molecule has 0 saturated carbocycles. The lowest BCUT2D eigenvalue weighted by Gasteiger charge is -2.16. The minimum atomic E-state index is -0.454. The van der Waals surface area contributed by atoms with E-state index in [0.29, 0.717) is 5.56 Å². The maximum Gasteiger partial charge on any atom is 0.315 e. The van der Waals surface area contributed by atoms with Crippen molar-refractivity contribution in [3.63, 3.8) is 0 Å². The highest BCUT2D eigenvalue weighted by molar-refractivity contribution is 5.74. The summed E-state index contributed by atoms with van der Waals surface area (Å²) in [6, 6.07) is 5.69. The molecule has 0 aliphatic heterocycles. The molecule has 0 aliphatic rings. The zero-order valence-electron chi connectivity index (χ0n) is 10.6. The van der Waals surface area contributed by atoms with Gasteiger partial charge in [0.05, 0.1) is 11.0 Å². The van der Waals surface area contributed by atoms with Crippen molar-refractivity contribution in [3.05, 3.63) is 39.9 Å². The van der Waals surface area contributed by atoms with Gasteiger partial charge >= 0.3 is 6.03 Å². The fraction of sp³-hybridized carbons (Fsp3) is 0.417. The van der Waals surface area contributed by atoms with E-state index in [0.717, 1.165) is 0 Å². The van der Waals surface area contributed by atoms with Gasteiger partial charge in [-0.3, -0.25) is 10.1 Å². The summed E-state index contributed by atoms with van der Waals surface area (Å²) in [6.45, 7) is 5.49. The van der Waals surface area contributed by atoms with Gasteiger partial charge in [0, 0.05) is 18.2 Å². The minimum Gasteiger partial charge on any atom is -0.336 e. The maximum atomic E-state index is 11.5. The first-order valence-electron chi connectivity index (χ1n) is 5.71. The van der Waals surface area contributed by atoms with Crippen molar-refractivity contribution in [1.82, 2.24) is 10.6 Å². The molecule has 0 aliphatic carbocycles. The lowest BCUT2D eigenvalue weighted by Crippen LogP contribution is -2.40. The first-order chi connectivity index (χ1) is 8.40. The number of nitrogens with zero attached hydrogens (tertiary/aromatic N) is 1. The molecule has 0 saturated heterocycles. The molecule has 2 amide bonds. The Kier molecular flexibility index (Phi) is 4.65. The fourth-order valence-electron chi connectivity index (χ4n) is 1.49. The van der Waals surface area contributed by atoms with Crippen LogP contribution in [0.5, 0.6) is 0 Å². The van der Waals surface area contributed by atoms with Crippen LogP contribution in [-0.4, -0.2) is 17.0 Å². The summed E-state index contributed by atoms with van der Waals surface area (Å²) in [5.41, 5.74) is 0.716. The molecule has 0 radical (unpaired) electrons. The third kappa shape index (κ3) is 4.04. The molecule has 1 atom stereocenters. The molecular weight excluding hydrogens is 234 g/mol. The van der Waals surface area contributed by atoms with Crippen molar-refractivity contribution in [1.29, 1.82) is 0 Å². The van der Waals surface area contributed by atoms with Gasteiger partial charge in [0.25, 0.3) is 5.69 Å². The molecule has 0 fully saturated rings. The molecule has 2 N–H and O–H groups in total. The van der Waals surface area contributed by atoms with E-state index in [-0.39, 0.29) is 23.8 Å². The second-order valence-electron chi connectivity index (χ2n) is 4.35. The number of carbonyl (C=O) groups is 1. The van der Waals surface area contributed by atoms with Gasteiger partial charge in [0.2, 0.25) is 0 Å². The number of nitro groups is 1. The van der Waals surface area contributed by atoms with E-state index in [9.17, 15) is 14.9 Å². The molecular formula is C12H17N3O3. The van der Waals surface area contributed by atoms with Crippen LogP contribution in [-0.2, 0) is 0 Å². The number of amides is 2. The van der Waals surface area contributed by atoms with Crippen LogP contribution in [0.1, 0.15) is 32.4 Å². The third-order valence-electron chi connectivity index (χ3n) is 2.35. The quantitative estimate of drug-likeness (QED) is 0.636. The van der Waals surface area contributed by atoms with E-state index in [1.807, 2.05) is 13.8 Å². The van der Waals surface area contributed by atoms with E-state index in [4.69, 9.17) is 0 Å². The van der Waals surface area contributed by atoms with Crippen LogP contribution >= 0.6 is 0 Å². The molecule has 6 nitrogen and oxygen atoms in total. The highest BCUT2D eigenvalue weighted by Gasteiger charge is 2.13. The Hall–Kier alpha value is -2.11. The number of carbonyl (C=O) groups excluding carboxylic acids is 1. The Bertz CT molecular complexity index is 446. The lowest BCUT2D eigenvalue weighted by atomic mass is 10.1. The van der Waals surface area contributed by atoms with Crippen LogP contribution in [0.25, 0.3) is 0 Å². The Labute approximate surface area is 106 Å². The summed E-state index contributed by atoms with van der Waals surface area (Å²) in [4.78, 5) is 21.7. The summed E-state index contributed by atoms with van der Waals surface area (Å²) in [5, 5.41) is 16.1. The Morgan fingerprint density at radius 3 is 2.50 bits per heavy atom. The van der Waals surface area contributed by atoms with E-state index in [2.05, 4.69) is 10.6 Å². The highest BCUT2D eigenvalue weighted by Crippen LogP contribution is 2.18. The Morgan fingerprint density at radius 2 is 1.94 bits per heavy atom. The van der Waals surface area contributed by atoms with Crippen molar-refractivity contribution >= 4 is 11.7 Å². The fourth-order valence-corrected chi connectivity index (χ4v) is 1.49. The van der Waals surface area contributed by atoms with Gasteiger partial charge in [-0.25, -0.2) is 4.79 Å². The summed E-state index contributed by atoms with van der Waals surface area (Å²) in [6.07, 6.45) is 0. The maximum absolute atomic E-state index is 11.5. The normalized spacial score (nSPS) is 12.0.